The van der Waals surface area contributed by atoms with Crippen LogP contribution in [0.5, 0.6) is 0 Å². The largest absolute Gasteiger partial charge is 0.350 e. The highest BCUT2D eigenvalue weighted by atomic mass is 35.5. The zero-order chi connectivity index (χ0) is 18.2. The molecule has 0 saturated carbocycles. The molecule has 2 aromatic rings. The van der Waals surface area contributed by atoms with E-state index >= 15 is 0 Å². The standard InChI is InChI=1S/C18H23ClN4OS/c1-12-10-13(2)22-18(21-12)23-16(8-9-25-3)17(24)20-11-14-6-4-5-7-15(14)19/h4-7,10,16H,8-9,11H2,1-3H3,(H,20,24)(H,21,22,23)/t16-/m1/s1. The average Bonchev–Trinajstić information content (AvgIpc) is 2.56. The summed E-state index contributed by atoms with van der Waals surface area (Å²) in [4.78, 5) is 21.4. The molecular weight excluding hydrogens is 356 g/mol. The highest BCUT2D eigenvalue weighted by Gasteiger charge is 2.19. The van der Waals surface area contributed by atoms with Gasteiger partial charge in [0, 0.05) is 23.0 Å². The second-order valence-electron chi connectivity index (χ2n) is 5.76. The fraction of sp³-hybridized carbons (Fsp3) is 0.389. The quantitative estimate of drug-likeness (QED) is 0.734. The van der Waals surface area contributed by atoms with Crippen LogP contribution in [0.15, 0.2) is 30.3 Å². The smallest absolute Gasteiger partial charge is 0.242 e. The molecule has 1 aromatic carbocycles. The first-order valence-electron chi connectivity index (χ1n) is 8.08. The zero-order valence-corrected chi connectivity index (χ0v) is 16.2. The lowest BCUT2D eigenvalue weighted by atomic mass is 10.2. The number of hydrogen-bond donors (Lipinski definition) is 2. The molecule has 2 N–H and O–H groups in total. The highest BCUT2D eigenvalue weighted by Crippen LogP contribution is 2.15. The molecule has 1 atom stereocenters. The van der Waals surface area contributed by atoms with Crippen molar-refractivity contribution in [2.45, 2.75) is 32.9 Å². The Morgan fingerprint density at radius 2 is 1.92 bits per heavy atom. The van der Waals surface area contributed by atoms with E-state index in [1.54, 1.807) is 11.8 Å². The van der Waals surface area contributed by atoms with E-state index < -0.39 is 6.04 Å². The Bertz CT molecular complexity index is 706. The minimum Gasteiger partial charge on any atom is -0.350 e. The molecule has 0 saturated heterocycles. The molecule has 25 heavy (non-hydrogen) atoms. The maximum Gasteiger partial charge on any atom is 0.242 e. The van der Waals surface area contributed by atoms with Crippen molar-refractivity contribution in [1.82, 2.24) is 15.3 Å². The number of amides is 1. The predicted molar refractivity (Wildman–Crippen MR) is 105 cm³/mol. The third-order valence-corrected chi connectivity index (χ3v) is 4.64. The number of halogens is 1. The van der Waals surface area contributed by atoms with Gasteiger partial charge in [-0.2, -0.15) is 11.8 Å². The average molecular weight is 379 g/mol. The van der Waals surface area contributed by atoms with E-state index in [1.807, 2.05) is 50.4 Å². The van der Waals surface area contributed by atoms with Crippen LogP contribution in [-0.2, 0) is 11.3 Å². The highest BCUT2D eigenvalue weighted by molar-refractivity contribution is 7.98. The van der Waals surface area contributed by atoms with Gasteiger partial charge >= 0.3 is 0 Å². The summed E-state index contributed by atoms with van der Waals surface area (Å²) in [7, 11) is 0. The summed E-state index contributed by atoms with van der Waals surface area (Å²) in [6.45, 7) is 4.21. The molecule has 2 rings (SSSR count). The Labute approximate surface area is 158 Å². The summed E-state index contributed by atoms with van der Waals surface area (Å²) in [5.74, 6) is 1.26. The van der Waals surface area contributed by atoms with E-state index in [2.05, 4.69) is 20.6 Å². The minimum absolute atomic E-state index is 0.0864. The van der Waals surface area contributed by atoms with Crippen LogP contribution in [-0.4, -0.2) is 33.9 Å². The summed E-state index contributed by atoms with van der Waals surface area (Å²) in [5.41, 5.74) is 2.63. The van der Waals surface area contributed by atoms with Gasteiger partial charge in [-0.25, -0.2) is 9.97 Å². The van der Waals surface area contributed by atoms with Gasteiger partial charge in [0.1, 0.15) is 6.04 Å². The summed E-state index contributed by atoms with van der Waals surface area (Å²) in [6.07, 6.45) is 2.71. The molecule has 1 aromatic heterocycles. The molecule has 0 unspecified atom stereocenters. The van der Waals surface area contributed by atoms with E-state index in [0.717, 1.165) is 22.7 Å². The monoisotopic (exact) mass is 378 g/mol. The van der Waals surface area contributed by atoms with E-state index in [-0.39, 0.29) is 5.91 Å². The summed E-state index contributed by atoms with van der Waals surface area (Å²) in [6, 6.07) is 9.00. The molecule has 0 radical (unpaired) electrons. The number of nitrogens with one attached hydrogen (secondary N) is 2. The topological polar surface area (TPSA) is 66.9 Å². The van der Waals surface area contributed by atoms with Gasteiger partial charge < -0.3 is 10.6 Å². The van der Waals surface area contributed by atoms with E-state index in [1.165, 1.54) is 0 Å². The van der Waals surface area contributed by atoms with Crippen LogP contribution in [0.2, 0.25) is 5.02 Å². The minimum atomic E-state index is -0.392. The van der Waals surface area contributed by atoms with Crippen molar-refractivity contribution in [1.29, 1.82) is 0 Å². The number of aryl methyl sites for hydroxylation is 2. The van der Waals surface area contributed by atoms with Crippen LogP contribution in [0.25, 0.3) is 0 Å². The maximum atomic E-state index is 12.6. The maximum absolute atomic E-state index is 12.6. The SMILES string of the molecule is CSCC[C@@H](Nc1nc(C)cc(C)n1)C(=O)NCc1ccccc1Cl. The third kappa shape index (κ3) is 6.21. The van der Waals surface area contributed by atoms with Gasteiger partial charge in [0.05, 0.1) is 0 Å². The van der Waals surface area contributed by atoms with Crippen LogP contribution in [0, 0.1) is 13.8 Å². The molecular formula is C18H23ClN4OS. The van der Waals surface area contributed by atoms with E-state index in [4.69, 9.17) is 11.6 Å². The number of benzene rings is 1. The molecule has 0 aliphatic rings. The number of anilines is 1. The van der Waals surface area contributed by atoms with Crippen LogP contribution < -0.4 is 10.6 Å². The summed E-state index contributed by atoms with van der Waals surface area (Å²) < 4.78 is 0. The fourth-order valence-corrected chi connectivity index (χ4v) is 3.07. The molecule has 0 aliphatic heterocycles. The van der Waals surface area contributed by atoms with Gasteiger partial charge in [-0.1, -0.05) is 29.8 Å². The molecule has 0 fully saturated rings. The molecule has 0 spiro atoms. The van der Waals surface area contributed by atoms with Gasteiger partial charge in [0.2, 0.25) is 11.9 Å². The lowest BCUT2D eigenvalue weighted by Crippen LogP contribution is -2.40. The van der Waals surface area contributed by atoms with Crippen molar-refractivity contribution in [3.63, 3.8) is 0 Å². The van der Waals surface area contributed by atoms with Crippen molar-refractivity contribution < 1.29 is 4.79 Å². The molecule has 1 amide bonds. The van der Waals surface area contributed by atoms with Crippen LogP contribution in [0.4, 0.5) is 5.95 Å². The van der Waals surface area contributed by atoms with E-state index in [0.29, 0.717) is 23.9 Å². The Hall–Kier alpha value is -1.79. The lowest BCUT2D eigenvalue weighted by molar-refractivity contribution is -0.122. The fourth-order valence-electron chi connectivity index (χ4n) is 2.40. The van der Waals surface area contributed by atoms with Crippen molar-refractivity contribution in [3.05, 3.63) is 52.3 Å². The zero-order valence-electron chi connectivity index (χ0n) is 14.7. The molecule has 0 aliphatic carbocycles. The molecule has 5 nitrogen and oxygen atoms in total. The molecule has 0 bridgehead atoms. The third-order valence-electron chi connectivity index (χ3n) is 3.62. The first-order valence-corrected chi connectivity index (χ1v) is 9.85. The number of thioether (sulfide) groups is 1. The van der Waals surface area contributed by atoms with Crippen LogP contribution in [0.3, 0.4) is 0 Å². The number of carbonyl (C=O) groups is 1. The predicted octanol–water partition coefficient (Wildman–Crippen LogP) is 3.60. The van der Waals surface area contributed by atoms with Crippen molar-refractivity contribution >= 4 is 35.2 Å². The van der Waals surface area contributed by atoms with Gasteiger partial charge in [-0.05, 0) is 50.0 Å². The van der Waals surface area contributed by atoms with E-state index in [9.17, 15) is 4.79 Å². The molecule has 7 heteroatoms. The number of aromatic nitrogens is 2. The normalized spacial score (nSPS) is 11.8. The second kappa shape index (κ2) is 9.63. The van der Waals surface area contributed by atoms with Crippen molar-refractivity contribution in [3.8, 4) is 0 Å². The number of carbonyl (C=O) groups excluding carboxylic acids is 1. The first-order chi connectivity index (χ1) is 12.0. The van der Waals surface area contributed by atoms with Gasteiger partial charge in [-0.3, -0.25) is 4.79 Å². The Kier molecular flexibility index (Phi) is 7.52. The first kappa shape index (κ1) is 19.5. The van der Waals surface area contributed by atoms with Crippen LogP contribution in [0.1, 0.15) is 23.4 Å². The Morgan fingerprint density at radius 3 is 2.56 bits per heavy atom. The second-order valence-corrected chi connectivity index (χ2v) is 7.15. The summed E-state index contributed by atoms with van der Waals surface area (Å²) >= 11 is 7.84. The lowest BCUT2D eigenvalue weighted by Gasteiger charge is -2.19. The van der Waals surface area contributed by atoms with Gasteiger partial charge in [0.15, 0.2) is 0 Å². The van der Waals surface area contributed by atoms with Crippen LogP contribution >= 0.6 is 23.4 Å². The van der Waals surface area contributed by atoms with Crippen molar-refractivity contribution in [2.75, 3.05) is 17.3 Å². The molecule has 134 valence electrons. The Morgan fingerprint density at radius 1 is 1.24 bits per heavy atom. The Balaban J connectivity index is 2.04. The number of nitrogens with zero attached hydrogens (tertiary/aromatic N) is 2. The molecule has 1 heterocycles. The number of rotatable bonds is 8. The van der Waals surface area contributed by atoms with Crippen molar-refractivity contribution in [2.24, 2.45) is 0 Å². The van der Waals surface area contributed by atoms with Gasteiger partial charge in [0.25, 0.3) is 0 Å². The summed E-state index contributed by atoms with van der Waals surface area (Å²) in [5, 5.41) is 6.76. The number of hydrogen-bond acceptors (Lipinski definition) is 5. The van der Waals surface area contributed by atoms with Gasteiger partial charge in [-0.15, -0.1) is 0 Å².